The lowest BCUT2D eigenvalue weighted by Crippen LogP contribution is -2.46. The van der Waals surface area contributed by atoms with Crippen molar-refractivity contribution in [2.75, 3.05) is 32.8 Å². The molecule has 0 spiro atoms. The van der Waals surface area contributed by atoms with Crippen molar-refractivity contribution in [3.63, 3.8) is 0 Å². The lowest BCUT2D eigenvalue weighted by atomic mass is 9.99. The Morgan fingerprint density at radius 2 is 2.00 bits per heavy atom. The number of nitrogens with two attached hydrogens (primary N) is 1. The highest BCUT2D eigenvalue weighted by atomic mass is 16.5. The normalized spacial score (nSPS) is 18.8. The first-order valence-electron chi connectivity index (χ1n) is 6.95. The van der Waals surface area contributed by atoms with Crippen LogP contribution in [0.25, 0.3) is 0 Å². The topological polar surface area (TPSA) is 84.7 Å². The van der Waals surface area contributed by atoms with Crippen molar-refractivity contribution in [3.05, 3.63) is 0 Å². The summed E-state index contributed by atoms with van der Waals surface area (Å²) in [6.45, 7) is 6.76. The van der Waals surface area contributed by atoms with Crippen molar-refractivity contribution < 1.29 is 14.3 Å². The van der Waals surface area contributed by atoms with Gasteiger partial charge in [-0.05, 0) is 5.92 Å². The van der Waals surface area contributed by atoms with Gasteiger partial charge in [0.25, 0.3) is 0 Å². The van der Waals surface area contributed by atoms with Crippen molar-refractivity contribution in [2.45, 2.75) is 32.7 Å². The fourth-order valence-corrected chi connectivity index (χ4v) is 1.89. The molecule has 110 valence electrons. The molecule has 1 fully saturated rings. The van der Waals surface area contributed by atoms with Crippen LogP contribution in [0.1, 0.15) is 26.7 Å². The molecule has 1 aliphatic rings. The molecule has 1 aliphatic heterocycles. The van der Waals surface area contributed by atoms with Crippen LogP contribution < -0.4 is 11.1 Å². The van der Waals surface area contributed by atoms with Gasteiger partial charge in [0.05, 0.1) is 19.3 Å². The van der Waals surface area contributed by atoms with E-state index < -0.39 is 6.04 Å². The molecule has 1 heterocycles. The molecule has 19 heavy (non-hydrogen) atoms. The van der Waals surface area contributed by atoms with E-state index >= 15 is 0 Å². The van der Waals surface area contributed by atoms with Gasteiger partial charge in [-0.3, -0.25) is 9.59 Å². The molecule has 3 N–H and O–H groups in total. The molecular weight excluding hydrogens is 246 g/mol. The Kier molecular flexibility index (Phi) is 6.80. The van der Waals surface area contributed by atoms with E-state index in [1.165, 1.54) is 0 Å². The van der Waals surface area contributed by atoms with Gasteiger partial charge in [-0.1, -0.05) is 20.3 Å². The number of nitrogens with one attached hydrogen (secondary N) is 1. The van der Waals surface area contributed by atoms with Crippen LogP contribution in [0.2, 0.25) is 0 Å². The molecular formula is C13H25N3O3. The average molecular weight is 271 g/mol. The predicted octanol–water partition coefficient (Wildman–Crippen LogP) is -0.275. The summed E-state index contributed by atoms with van der Waals surface area (Å²) in [5.41, 5.74) is 5.81. The third-order valence-corrected chi connectivity index (χ3v) is 3.56. The van der Waals surface area contributed by atoms with Gasteiger partial charge in [0, 0.05) is 26.1 Å². The predicted molar refractivity (Wildman–Crippen MR) is 72.5 cm³/mol. The molecule has 1 saturated heterocycles. The van der Waals surface area contributed by atoms with E-state index in [9.17, 15) is 9.59 Å². The molecule has 1 rings (SSSR count). The summed E-state index contributed by atoms with van der Waals surface area (Å²) in [5, 5.41) is 2.72. The number of hydrogen-bond acceptors (Lipinski definition) is 4. The van der Waals surface area contributed by atoms with Crippen LogP contribution in [0.5, 0.6) is 0 Å². The highest BCUT2D eigenvalue weighted by Crippen LogP contribution is 2.05. The third kappa shape index (κ3) is 5.16. The SMILES string of the molecule is CC[C@H](C)[C@H](N)C(=O)NCCC(=O)N1CCOCC1. The van der Waals surface area contributed by atoms with E-state index in [2.05, 4.69) is 5.32 Å². The molecule has 0 saturated carbocycles. The van der Waals surface area contributed by atoms with Crippen LogP contribution in [0, 0.1) is 5.92 Å². The highest BCUT2D eigenvalue weighted by molar-refractivity contribution is 5.82. The standard InChI is InChI=1S/C13H25N3O3/c1-3-10(2)12(14)13(18)15-5-4-11(17)16-6-8-19-9-7-16/h10,12H,3-9,14H2,1-2H3,(H,15,18)/t10-,12-/m0/s1. The third-order valence-electron chi connectivity index (χ3n) is 3.56. The maximum Gasteiger partial charge on any atom is 0.237 e. The number of carbonyl (C=O) groups excluding carboxylic acids is 2. The zero-order chi connectivity index (χ0) is 14.3. The van der Waals surface area contributed by atoms with Gasteiger partial charge >= 0.3 is 0 Å². The number of rotatable bonds is 6. The molecule has 6 nitrogen and oxygen atoms in total. The minimum Gasteiger partial charge on any atom is -0.378 e. The second-order valence-corrected chi connectivity index (χ2v) is 4.95. The summed E-state index contributed by atoms with van der Waals surface area (Å²) in [6.07, 6.45) is 1.18. The zero-order valence-corrected chi connectivity index (χ0v) is 11.9. The molecule has 0 radical (unpaired) electrons. The van der Waals surface area contributed by atoms with Gasteiger partial charge in [0.15, 0.2) is 0 Å². The Morgan fingerprint density at radius 1 is 1.37 bits per heavy atom. The first-order chi connectivity index (χ1) is 9.06. The maximum atomic E-state index is 11.8. The number of morpholine rings is 1. The fraction of sp³-hybridized carbons (Fsp3) is 0.846. The number of carbonyl (C=O) groups is 2. The number of hydrogen-bond donors (Lipinski definition) is 2. The number of nitrogens with zero attached hydrogens (tertiary/aromatic N) is 1. The summed E-state index contributed by atoms with van der Waals surface area (Å²) in [4.78, 5) is 25.3. The monoisotopic (exact) mass is 271 g/mol. The van der Waals surface area contributed by atoms with Crippen molar-refractivity contribution in [1.29, 1.82) is 0 Å². The van der Waals surface area contributed by atoms with E-state index in [-0.39, 0.29) is 17.7 Å². The smallest absolute Gasteiger partial charge is 0.237 e. The average Bonchev–Trinajstić information content (AvgIpc) is 2.46. The fourth-order valence-electron chi connectivity index (χ4n) is 1.89. The van der Waals surface area contributed by atoms with Gasteiger partial charge in [-0.2, -0.15) is 0 Å². The van der Waals surface area contributed by atoms with Gasteiger partial charge < -0.3 is 20.7 Å². The number of ether oxygens (including phenoxy) is 1. The van der Waals surface area contributed by atoms with Crippen LogP contribution in [-0.2, 0) is 14.3 Å². The molecule has 6 heteroatoms. The molecule has 0 unspecified atom stereocenters. The highest BCUT2D eigenvalue weighted by Gasteiger charge is 2.20. The molecule has 2 atom stereocenters. The summed E-state index contributed by atoms with van der Waals surface area (Å²) >= 11 is 0. The summed E-state index contributed by atoms with van der Waals surface area (Å²) in [6, 6.07) is -0.497. The Balaban J connectivity index is 2.22. The Hall–Kier alpha value is -1.14. The summed E-state index contributed by atoms with van der Waals surface area (Å²) in [7, 11) is 0. The number of amides is 2. The van der Waals surface area contributed by atoms with Gasteiger partial charge in [-0.25, -0.2) is 0 Å². The molecule has 0 bridgehead atoms. The first kappa shape index (κ1) is 15.9. The zero-order valence-electron chi connectivity index (χ0n) is 11.9. The van der Waals surface area contributed by atoms with Crippen LogP contribution in [0.15, 0.2) is 0 Å². The molecule has 0 aromatic heterocycles. The second kappa shape index (κ2) is 8.12. The van der Waals surface area contributed by atoms with Gasteiger partial charge in [-0.15, -0.1) is 0 Å². The van der Waals surface area contributed by atoms with Crippen LogP contribution >= 0.6 is 0 Å². The van der Waals surface area contributed by atoms with Crippen molar-refractivity contribution in [3.8, 4) is 0 Å². The lowest BCUT2D eigenvalue weighted by Gasteiger charge is -2.27. The van der Waals surface area contributed by atoms with Crippen molar-refractivity contribution in [1.82, 2.24) is 10.2 Å². The van der Waals surface area contributed by atoms with E-state index in [0.717, 1.165) is 6.42 Å². The van der Waals surface area contributed by atoms with E-state index in [4.69, 9.17) is 10.5 Å². The second-order valence-electron chi connectivity index (χ2n) is 4.95. The van der Waals surface area contributed by atoms with Crippen LogP contribution in [-0.4, -0.2) is 55.6 Å². The summed E-state index contributed by atoms with van der Waals surface area (Å²) in [5.74, 6) is 0.0276. The Morgan fingerprint density at radius 3 is 2.58 bits per heavy atom. The summed E-state index contributed by atoms with van der Waals surface area (Å²) < 4.78 is 5.18. The maximum absolute atomic E-state index is 11.8. The minimum atomic E-state index is -0.497. The minimum absolute atomic E-state index is 0.0562. The van der Waals surface area contributed by atoms with Crippen molar-refractivity contribution in [2.24, 2.45) is 11.7 Å². The largest absolute Gasteiger partial charge is 0.378 e. The lowest BCUT2D eigenvalue weighted by molar-refractivity contribution is -0.135. The molecule has 2 amide bonds. The van der Waals surface area contributed by atoms with E-state index in [0.29, 0.717) is 39.3 Å². The molecule has 0 aliphatic carbocycles. The van der Waals surface area contributed by atoms with Gasteiger partial charge in [0.2, 0.25) is 11.8 Å². The van der Waals surface area contributed by atoms with Crippen molar-refractivity contribution >= 4 is 11.8 Å². The molecule has 0 aromatic rings. The van der Waals surface area contributed by atoms with Crippen LogP contribution in [0.4, 0.5) is 0 Å². The Labute approximate surface area is 114 Å². The Bertz CT molecular complexity index is 290. The van der Waals surface area contributed by atoms with Gasteiger partial charge in [0.1, 0.15) is 0 Å². The van der Waals surface area contributed by atoms with Crippen LogP contribution in [0.3, 0.4) is 0 Å². The molecule has 0 aromatic carbocycles. The first-order valence-corrected chi connectivity index (χ1v) is 6.95. The quantitative estimate of drug-likeness (QED) is 0.696. The van der Waals surface area contributed by atoms with E-state index in [1.807, 2.05) is 13.8 Å². The van der Waals surface area contributed by atoms with E-state index in [1.54, 1.807) is 4.90 Å².